The van der Waals surface area contributed by atoms with Gasteiger partial charge in [-0.2, -0.15) is 0 Å². The number of aryl methyl sites for hydroxylation is 1. The van der Waals surface area contributed by atoms with Gasteiger partial charge in [0, 0.05) is 11.5 Å². The van der Waals surface area contributed by atoms with E-state index < -0.39 is 21.6 Å². The zero-order valence-electron chi connectivity index (χ0n) is 8.79. The summed E-state index contributed by atoms with van der Waals surface area (Å²) in [6.07, 6.45) is 0. The highest BCUT2D eigenvalue weighted by molar-refractivity contribution is 8.24. The average Bonchev–Trinajstić information content (AvgIpc) is 2.54. The van der Waals surface area contributed by atoms with Gasteiger partial charge in [0.1, 0.15) is 11.6 Å². The predicted octanol–water partition coefficient (Wildman–Crippen LogP) is 2.58. The summed E-state index contributed by atoms with van der Waals surface area (Å²) in [6, 6.07) is 1.99. The van der Waals surface area contributed by atoms with Crippen LogP contribution in [0.15, 0.2) is 16.5 Å². The minimum absolute atomic E-state index is 0.0166. The molecule has 0 aliphatic carbocycles. The molecule has 0 radical (unpaired) electrons. The lowest BCUT2D eigenvalue weighted by atomic mass is 10.1. The number of benzene rings is 1. The summed E-state index contributed by atoms with van der Waals surface area (Å²) in [7, 11) is -1.35. The molecule has 0 amide bonds. The Morgan fingerprint density at radius 1 is 1.47 bits per heavy atom. The zero-order chi connectivity index (χ0) is 12.6. The first-order chi connectivity index (χ1) is 7.99. The predicted molar refractivity (Wildman–Crippen MR) is 65.1 cm³/mol. The van der Waals surface area contributed by atoms with Gasteiger partial charge in [-0.3, -0.25) is 0 Å². The summed E-state index contributed by atoms with van der Waals surface area (Å²) < 4.78 is 43.3. The molecule has 0 bridgehead atoms. The van der Waals surface area contributed by atoms with Crippen LogP contribution in [0.2, 0.25) is 0 Å². The molecule has 0 spiro atoms. The average molecular weight is 277 g/mol. The van der Waals surface area contributed by atoms with Crippen molar-refractivity contribution in [3.05, 3.63) is 35.1 Å². The molecule has 1 atom stereocenters. The van der Waals surface area contributed by atoms with Gasteiger partial charge in [0.25, 0.3) is 0 Å². The molecular weight excluding hydrogens is 268 g/mol. The highest BCUT2D eigenvalue weighted by atomic mass is 32.8. The molecule has 2 aromatic rings. The third-order valence-electron chi connectivity index (χ3n) is 2.41. The maximum absolute atomic E-state index is 13.4. The van der Waals surface area contributed by atoms with Gasteiger partial charge in [0.15, 0.2) is 11.4 Å². The lowest BCUT2D eigenvalue weighted by Crippen LogP contribution is -2.14. The fourth-order valence-corrected chi connectivity index (χ4v) is 2.02. The van der Waals surface area contributed by atoms with E-state index in [0.29, 0.717) is 16.7 Å². The molecule has 7 heteroatoms. The Bertz CT molecular complexity index is 597. The van der Waals surface area contributed by atoms with Crippen LogP contribution in [0, 0.1) is 18.6 Å². The molecular formula is C10H9F2NO2S2. The fraction of sp³-hybridized carbons (Fsp3) is 0.200. The molecule has 2 rings (SSSR count). The van der Waals surface area contributed by atoms with Crippen LogP contribution < -0.4 is 4.72 Å². The van der Waals surface area contributed by atoms with Crippen LogP contribution in [0.1, 0.15) is 11.3 Å². The fourth-order valence-electron chi connectivity index (χ4n) is 1.59. The third-order valence-corrected chi connectivity index (χ3v) is 3.16. The van der Waals surface area contributed by atoms with Gasteiger partial charge in [0.05, 0.1) is 16.5 Å². The Balaban J connectivity index is 2.49. The van der Waals surface area contributed by atoms with Gasteiger partial charge in [-0.15, -0.1) is 0 Å². The van der Waals surface area contributed by atoms with E-state index in [2.05, 4.69) is 15.9 Å². The standard InChI is InChI=1S/C10H9F2NO2S2/c1-5-7-2-6(11)3-8(12)10(7)15-9(5)4-13-17(14)16/h2-3,13H,4H2,1H3,(H,14,16). The number of rotatable bonds is 3. The van der Waals surface area contributed by atoms with Crippen LogP contribution in [0.25, 0.3) is 11.0 Å². The second-order valence-corrected chi connectivity index (χ2v) is 5.22. The number of fused-ring (bicyclic) bond motifs is 1. The quantitative estimate of drug-likeness (QED) is 0.905. The summed E-state index contributed by atoms with van der Waals surface area (Å²) in [6.45, 7) is 1.87. The van der Waals surface area contributed by atoms with Gasteiger partial charge in [-0.05, 0) is 29.7 Å². The monoisotopic (exact) mass is 277 g/mol. The molecule has 0 aliphatic rings. The van der Waals surface area contributed by atoms with Crippen molar-refractivity contribution < 1.29 is 17.8 Å². The first-order valence-electron chi connectivity index (χ1n) is 4.70. The molecule has 3 nitrogen and oxygen atoms in total. The molecule has 92 valence electrons. The van der Waals surface area contributed by atoms with Crippen molar-refractivity contribution in [2.24, 2.45) is 0 Å². The molecule has 0 aliphatic heterocycles. The van der Waals surface area contributed by atoms with Crippen LogP contribution in [-0.4, -0.2) is 4.55 Å². The Hall–Kier alpha value is -0.890. The number of nitrogens with one attached hydrogen (secondary N) is 1. The van der Waals surface area contributed by atoms with E-state index >= 15 is 0 Å². The van der Waals surface area contributed by atoms with Gasteiger partial charge in [-0.1, -0.05) is 0 Å². The molecule has 17 heavy (non-hydrogen) atoms. The van der Waals surface area contributed by atoms with Crippen LogP contribution in [0.4, 0.5) is 8.78 Å². The molecule has 0 saturated heterocycles. The highest BCUT2D eigenvalue weighted by Gasteiger charge is 2.15. The number of hydrogen-bond acceptors (Lipinski definition) is 2. The topological polar surface area (TPSA) is 45.4 Å². The molecule has 0 fully saturated rings. The SMILES string of the molecule is Cc1c(CNS(O)=S)oc2c(F)cc(F)cc12. The first-order valence-corrected chi connectivity index (χ1v) is 6.81. The van der Waals surface area contributed by atoms with E-state index in [9.17, 15) is 8.78 Å². The van der Waals surface area contributed by atoms with Gasteiger partial charge in [-0.25, -0.2) is 13.5 Å². The Labute approximate surface area is 103 Å². The molecule has 1 aromatic carbocycles. The Morgan fingerprint density at radius 3 is 2.82 bits per heavy atom. The smallest absolute Gasteiger partial charge is 0.170 e. The van der Waals surface area contributed by atoms with E-state index in [4.69, 9.17) is 8.97 Å². The van der Waals surface area contributed by atoms with Crippen molar-refractivity contribution >= 4 is 32.1 Å². The van der Waals surface area contributed by atoms with Gasteiger partial charge < -0.3 is 8.97 Å². The second-order valence-electron chi connectivity index (χ2n) is 3.48. The number of furan rings is 1. The van der Waals surface area contributed by atoms with Crippen molar-refractivity contribution in [3.63, 3.8) is 0 Å². The maximum Gasteiger partial charge on any atom is 0.170 e. The van der Waals surface area contributed by atoms with Crippen LogP contribution >= 0.6 is 0 Å². The van der Waals surface area contributed by atoms with Crippen molar-refractivity contribution in [1.29, 1.82) is 0 Å². The van der Waals surface area contributed by atoms with Crippen molar-refractivity contribution in [2.75, 3.05) is 0 Å². The Kier molecular flexibility index (Phi) is 3.53. The lowest BCUT2D eigenvalue weighted by Gasteiger charge is -1.98. The van der Waals surface area contributed by atoms with E-state index in [0.717, 1.165) is 6.07 Å². The van der Waals surface area contributed by atoms with Crippen molar-refractivity contribution in [1.82, 2.24) is 4.72 Å². The summed E-state index contributed by atoms with van der Waals surface area (Å²) in [5.41, 5.74) is 0.647. The van der Waals surface area contributed by atoms with E-state index in [-0.39, 0.29) is 12.1 Å². The summed E-state index contributed by atoms with van der Waals surface area (Å²) in [4.78, 5) is 0. The minimum atomic E-state index is -1.35. The van der Waals surface area contributed by atoms with Crippen LogP contribution in [-0.2, 0) is 27.7 Å². The number of hydrogen-bond donors (Lipinski definition) is 2. The van der Waals surface area contributed by atoms with E-state index in [1.54, 1.807) is 6.92 Å². The molecule has 1 unspecified atom stereocenters. The maximum atomic E-state index is 13.4. The van der Waals surface area contributed by atoms with Crippen LogP contribution in [0.5, 0.6) is 0 Å². The number of halogens is 2. The first kappa shape index (κ1) is 12.6. The van der Waals surface area contributed by atoms with Crippen molar-refractivity contribution in [2.45, 2.75) is 13.5 Å². The van der Waals surface area contributed by atoms with Gasteiger partial charge >= 0.3 is 0 Å². The van der Waals surface area contributed by atoms with Crippen molar-refractivity contribution in [3.8, 4) is 0 Å². The molecule has 1 aromatic heterocycles. The summed E-state index contributed by atoms with van der Waals surface area (Å²) >= 11 is 4.55. The Morgan fingerprint density at radius 2 is 2.18 bits per heavy atom. The van der Waals surface area contributed by atoms with E-state index in [1.165, 1.54) is 6.07 Å². The highest BCUT2D eigenvalue weighted by Crippen LogP contribution is 2.28. The minimum Gasteiger partial charge on any atom is -0.456 e. The summed E-state index contributed by atoms with van der Waals surface area (Å²) in [5, 5.41) is 0.390. The normalized spacial score (nSPS) is 13.2. The largest absolute Gasteiger partial charge is 0.456 e. The second kappa shape index (κ2) is 4.77. The third kappa shape index (κ3) is 2.52. The summed E-state index contributed by atoms with van der Waals surface area (Å²) in [5.74, 6) is -0.958. The molecule has 2 N–H and O–H groups in total. The van der Waals surface area contributed by atoms with Gasteiger partial charge in [0.2, 0.25) is 0 Å². The van der Waals surface area contributed by atoms with E-state index in [1.807, 2.05) is 0 Å². The molecule has 1 heterocycles. The zero-order valence-corrected chi connectivity index (χ0v) is 10.4. The lowest BCUT2D eigenvalue weighted by molar-refractivity contribution is 0.507. The van der Waals surface area contributed by atoms with Crippen LogP contribution in [0.3, 0.4) is 0 Å². The molecule has 0 saturated carbocycles.